The predicted octanol–water partition coefficient (Wildman–Crippen LogP) is 7.49. The zero-order chi connectivity index (χ0) is 40.7. The second kappa shape index (κ2) is 31.6. The van der Waals surface area contributed by atoms with E-state index in [2.05, 4.69) is 180 Å². The summed E-state index contributed by atoms with van der Waals surface area (Å²) in [5.74, 6) is -0.883. The summed E-state index contributed by atoms with van der Waals surface area (Å²) in [7, 11) is 12.0. The molecule has 4 aromatic carbocycles. The molecule has 0 aliphatic rings. The minimum Gasteiger partial charge on any atom is -0.478 e. The van der Waals surface area contributed by atoms with Crippen LogP contribution in [-0.2, 0) is 35.5 Å². The molecule has 0 aliphatic carbocycles. The fourth-order valence-corrected chi connectivity index (χ4v) is 4.20. The van der Waals surface area contributed by atoms with E-state index < -0.39 is 13.8 Å². The van der Waals surface area contributed by atoms with Crippen LogP contribution in [-0.4, -0.2) is 102 Å². The molecule has 294 valence electrons. The zero-order valence-electron chi connectivity index (χ0n) is 33.3. The molecule has 0 radical (unpaired) electrons. The number of phosphoric acid groups is 1. The molecule has 0 fully saturated rings. The molecule has 0 spiro atoms. The average molecular weight is 753 g/mol. The maximum absolute atomic E-state index is 9.99. The van der Waals surface area contributed by atoms with Gasteiger partial charge in [-0.2, -0.15) is 0 Å². The molecule has 4 rings (SSSR count). The van der Waals surface area contributed by atoms with Crippen LogP contribution >= 0.6 is 7.82 Å². The van der Waals surface area contributed by atoms with Gasteiger partial charge in [0.15, 0.2) is 0 Å². The van der Waals surface area contributed by atoms with E-state index in [1.807, 2.05) is 31.2 Å². The van der Waals surface area contributed by atoms with Crippen LogP contribution in [0.1, 0.15) is 42.0 Å². The van der Waals surface area contributed by atoms with Crippen molar-refractivity contribution in [1.29, 1.82) is 0 Å². The van der Waals surface area contributed by atoms with Crippen LogP contribution in [0.3, 0.4) is 0 Å². The Kier molecular flexibility index (Phi) is 30.5. The third-order valence-electron chi connectivity index (χ3n) is 6.22. The molecule has 0 heterocycles. The number of rotatable bonds is 11. The highest BCUT2D eigenvalue weighted by Crippen LogP contribution is 2.25. The van der Waals surface area contributed by atoms with Gasteiger partial charge in [-0.1, -0.05) is 141 Å². The number of carbonyl (C=O) groups is 1. The van der Waals surface area contributed by atoms with Crippen molar-refractivity contribution in [2.75, 3.05) is 56.4 Å². The molecule has 0 aromatic heterocycles. The van der Waals surface area contributed by atoms with Gasteiger partial charge < -0.3 is 39.4 Å². The maximum Gasteiger partial charge on any atom is 0.466 e. The normalized spacial score (nSPS) is 10.2. The van der Waals surface area contributed by atoms with Gasteiger partial charge in [-0.3, -0.25) is 0 Å². The Morgan fingerprint density at radius 3 is 0.811 bits per heavy atom. The van der Waals surface area contributed by atoms with Crippen LogP contribution in [0, 0.1) is 0 Å². The zero-order valence-corrected chi connectivity index (χ0v) is 34.2. The number of hydrogen-bond acceptors (Lipinski definition) is 6. The molecule has 0 unspecified atom stereocenters. The molecule has 4 N–H and O–H groups in total. The minimum absolute atomic E-state index is 0.299. The largest absolute Gasteiger partial charge is 0.478 e. The fraction of sp³-hybridized carbons (Fsp3) is 0.357. The lowest BCUT2D eigenvalue weighted by Crippen LogP contribution is -2.10. The minimum atomic E-state index is -4.64. The van der Waals surface area contributed by atoms with Gasteiger partial charge in [0.25, 0.3) is 0 Å². The smallest absolute Gasteiger partial charge is 0.466 e. The molecule has 4 aromatic rings. The van der Waals surface area contributed by atoms with Crippen molar-refractivity contribution in [1.82, 2.24) is 19.6 Å². The van der Waals surface area contributed by atoms with Crippen LogP contribution in [0.25, 0.3) is 0 Å². The third-order valence-corrected chi connectivity index (χ3v) is 6.22. The average Bonchev–Trinajstić information content (AvgIpc) is 3.06. The Morgan fingerprint density at radius 1 is 0.509 bits per heavy atom. The summed E-state index contributed by atoms with van der Waals surface area (Å²) in [6.45, 7) is 9.38. The van der Waals surface area contributed by atoms with Crippen LogP contribution in [0.2, 0.25) is 0 Å². The van der Waals surface area contributed by atoms with Crippen LogP contribution in [0.15, 0.2) is 133 Å². The van der Waals surface area contributed by atoms with Gasteiger partial charge in [0.1, 0.15) is 0 Å². The first-order chi connectivity index (χ1) is 24.8. The molecule has 53 heavy (non-hydrogen) atoms. The molecular weight excluding hydrogens is 687 g/mol. The molecule has 0 saturated carbocycles. The Labute approximate surface area is 319 Å². The summed E-state index contributed by atoms with van der Waals surface area (Å²) in [5.41, 5.74) is 5.77. The summed E-state index contributed by atoms with van der Waals surface area (Å²) in [4.78, 5) is 40.2. The highest BCUT2D eigenvalue weighted by molar-refractivity contribution is 7.45. The van der Waals surface area contributed by atoms with Gasteiger partial charge in [-0.25, -0.2) is 9.36 Å². The van der Waals surface area contributed by atoms with E-state index in [0.29, 0.717) is 12.0 Å². The van der Waals surface area contributed by atoms with Crippen molar-refractivity contribution in [3.8, 4) is 0 Å². The molecule has 0 aliphatic heterocycles. The monoisotopic (exact) mass is 752 g/mol. The first kappa shape index (κ1) is 51.1. The first-order valence-electron chi connectivity index (χ1n) is 17.3. The Balaban J connectivity index is 0. The topological polar surface area (TPSA) is 128 Å². The summed E-state index contributed by atoms with van der Waals surface area (Å²) in [5, 5.41) is 8.21. The molecule has 0 atom stereocenters. The number of carboxylic acid groups (broad SMARTS) is 1. The van der Waals surface area contributed by atoms with Gasteiger partial charge in [-0.15, -0.1) is 0 Å². The van der Waals surface area contributed by atoms with Gasteiger partial charge in [0.2, 0.25) is 0 Å². The van der Waals surface area contributed by atoms with Crippen molar-refractivity contribution in [3.63, 3.8) is 0 Å². The van der Waals surface area contributed by atoms with Crippen molar-refractivity contribution in [2.45, 2.75) is 45.9 Å². The van der Waals surface area contributed by atoms with Gasteiger partial charge in [-0.05, 0) is 85.1 Å². The number of aliphatic carboxylic acids is 1. The quantitative estimate of drug-likeness (QED) is 0.0904. The number of carboxylic acids is 1. The maximum atomic E-state index is 9.99. The second-order valence-corrected chi connectivity index (χ2v) is 14.1. The van der Waals surface area contributed by atoms with E-state index in [1.165, 1.54) is 22.3 Å². The lowest BCUT2D eigenvalue weighted by atomic mass is 10.2. The van der Waals surface area contributed by atoms with Crippen LogP contribution < -0.4 is 0 Å². The Hall–Kier alpha value is -3.96. The van der Waals surface area contributed by atoms with Crippen molar-refractivity contribution in [2.24, 2.45) is 0 Å². The highest BCUT2D eigenvalue weighted by atomic mass is 31.2. The SMILES string of the molecule is C=C(CCC)C(=O)O.CN(C)Cc1ccccc1.CN(C)Cc1ccccc1.CN(C)Cc1ccccc1.CN(C)Cc1ccccc1.O=P(O)(O)O. The summed E-state index contributed by atoms with van der Waals surface area (Å²) in [6, 6.07) is 41.8. The Bertz CT molecular complexity index is 1300. The van der Waals surface area contributed by atoms with E-state index in [-0.39, 0.29) is 0 Å². The Morgan fingerprint density at radius 2 is 0.698 bits per heavy atom. The molecule has 0 saturated heterocycles. The van der Waals surface area contributed by atoms with E-state index in [9.17, 15) is 4.79 Å². The molecule has 11 heteroatoms. The van der Waals surface area contributed by atoms with Crippen molar-refractivity contribution >= 4 is 13.8 Å². The molecule has 0 amide bonds. The number of benzene rings is 4. The molecule has 0 bridgehead atoms. The van der Waals surface area contributed by atoms with E-state index >= 15 is 0 Å². The highest BCUT2D eigenvalue weighted by Gasteiger charge is 2.00. The predicted molar refractivity (Wildman–Crippen MR) is 221 cm³/mol. The first-order valence-corrected chi connectivity index (χ1v) is 18.8. The van der Waals surface area contributed by atoms with Gasteiger partial charge >= 0.3 is 13.8 Å². The summed E-state index contributed by atoms with van der Waals surface area (Å²) < 4.78 is 8.88. The lowest BCUT2D eigenvalue weighted by molar-refractivity contribution is -0.132. The lowest BCUT2D eigenvalue weighted by Gasteiger charge is -2.08. The van der Waals surface area contributed by atoms with Gasteiger partial charge in [0, 0.05) is 31.8 Å². The van der Waals surface area contributed by atoms with E-state index in [1.54, 1.807) is 0 Å². The van der Waals surface area contributed by atoms with E-state index in [0.717, 1.165) is 32.6 Å². The second-order valence-electron chi connectivity index (χ2n) is 13.1. The standard InChI is InChI=1S/4C9H13N.C6H10O2.H3O4P/c4*1-10(2)8-9-6-4-3-5-7-9;1-3-4-5(2)6(7)8;1-5(2,3)4/h4*3-7H,8H2,1-2H3;2-4H2,1H3,(H,7,8);(H3,1,2,3,4). The van der Waals surface area contributed by atoms with E-state index in [4.69, 9.17) is 24.4 Å². The number of hydrogen-bond donors (Lipinski definition) is 4. The summed E-state index contributed by atoms with van der Waals surface area (Å²) >= 11 is 0. The fourth-order valence-electron chi connectivity index (χ4n) is 4.20. The van der Waals surface area contributed by atoms with Crippen LogP contribution in [0.4, 0.5) is 0 Å². The van der Waals surface area contributed by atoms with Crippen molar-refractivity contribution in [3.05, 3.63) is 156 Å². The molecular formula is C42H65N4O6P. The van der Waals surface area contributed by atoms with Crippen molar-refractivity contribution < 1.29 is 29.1 Å². The third kappa shape index (κ3) is 39.1. The summed E-state index contributed by atoms with van der Waals surface area (Å²) in [6.07, 6.45) is 1.44. The van der Waals surface area contributed by atoms with Crippen LogP contribution in [0.5, 0.6) is 0 Å². The van der Waals surface area contributed by atoms with Gasteiger partial charge in [0.05, 0.1) is 0 Å². The molecule has 10 nitrogen and oxygen atoms in total. The number of nitrogens with zero attached hydrogens (tertiary/aromatic N) is 4.